The van der Waals surface area contributed by atoms with Crippen molar-refractivity contribution in [3.8, 4) is 5.69 Å². The van der Waals surface area contributed by atoms with Gasteiger partial charge in [0.2, 0.25) is 10.0 Å². The van der Waals surface area contributed by atoms with Gasteiger partial charge in [-0.15, -0.1) is 11.3 Å². The molecule has 0 aliphatic heterocycles. The Labute approximate surface area is 314 Å². The van der Waals surface area contributed by atoms with Crippen molar-refractivity contribution in [3.63, 3.8) is 0 Å². The van der Waals surface area contributed by atoms with E-state index in [1.54, 1.807) is 6.92 Å². The highest BCUT2D eigenvalue weighted by molar-refractivity contribution is 7.89. The predicted octanol–water partition coefficient (Wildman–Crippen LogP) is 8.26. The van der Waals surface area contributed by atoms with Crippen LogP contribution in [0.1, 0.15) is 95.2 Å². The van der Waals surface area contributed by atoms with Crippen LogP contribution in [0, 0.1) is 11.3 Å². The monoisotopic (exact) mass is 790 g/mol. The second kappa shape index (κ2) is 14.6. The molecule has 2 aliphatic carbocycles. The van der Waals surface area contributed by atoms with E-state index in [-0.39, 0.29) is 50.3 Å². The molecular weight excluding hydrogens is 753 g/mol. The van der Waals surface area contributed by atoms with Crippen molar-refractivity contribution in [1.29, 1.82) is 0 Å². The van der Waals surface area contributed by atoms with Gasteiger partial charge in [0.05, 0.1) is 44.4 Å². The molecule has 1 amide bonds. The number of ketones is 1. The van der Waals surface area contributed by atoms with E-state index >= 15 is 0 Å². The number of carboxylic acid groups (broad SMARTS) is 1. The fourth-order valence-electron chi connectivity index (χ4n) is 7.18. The number of aromatic nitrogens is 2. The molecule has 2 aromatic carbocycles. The Morgan fingerprint density at radius 1 is 1.09 bits per heavy atom. The third kappa shape index (κ3) is 7.94. The summed E-state index contributed by atoms with van der Waals surface area (Å²) in [5.74, 6) is -2.49. The zero-order valence-electron chi connectivity index (χ0n) is 29.2. The molecule has 6 rings (SSSR count). The summed E-state index contributed by atoms with van der Waals surface area (Å²) < 4.78 is 70.9. The van der Waals surface area contributed by atoms with Crippen molar-refractivity contribution in [3.05, 3.63) is 92.6 Å². The maximum absolute atomic E-state index is 14.2. The van der Waals surface area contributed by atoms with E-state index in [2.05, 4.69) is 24.3 Å². The van der Waals surface area contributed by atoms with E-state index < -0.39 is 50.4 Å². The summed E-state index contributed by atoms with van der Waals surface area (Å²) >= 11 is 7.06. The van der Waals surface area contributed by atoms with E-state index in [0.717, 1.165) is 33.7 Å². The quantitative estimate of drug-likeness (QED) is 0.154. The lowest BCUT2D eigenvalue weighted by Gasteiger charge is -2.34. The van der Waals surface area contributed by atoms with Gasteiger partial charge in [-0.1, -0.05) is 38.4 Å². The Morgan fingerprint density at radius 2 is 1.81 bits per heavy atom. The number of anilines is 1. The van der Waals surface area contributed by atoms with Gasteiger partial charge in [0.25, 0.3) is 5.91 Å². The smallest absolute Gasteiger partial charge is 0.417 e. The van der Waals surface area contributed by atoms with E-state index in [0.29, 0.717) is 38.5 Å². The summed E-state index contributed by atoms with van der Waals surface area (Å²) in [5, 5.41) is 16.2. The SMILES string of the molecule is CCN(C1CCC(C(=O)O)CC1)S(=O)(=O)c1cccc(C(=O)Nc2sc3c(c2C(=O)c2cnn(-c4ccc(Cl)c(C(F)(F)F)c4)c2)CCC(C)(C)C3)c1. The van der Waals surface area contributed by atoms with E-state index in [1.807, 2.05) is 0 Å². The number of rotatable bonds is 10. The molecule has 0 bridgehead atoms. The standard InChI is InChI=1S/C37H38ClF3N4O6S2/c1-4-45(24-10-8-21(9-11-24)35(48)49)53(50,51)26-7-5-6-22(16-26)33(47)43-34-31(27-14-15-36(2,3)18-30(27)52-34)32(46)23-19-42-44(20-23)25-12-13-29(38)28(17-25)37(39,40)41/h5-7,12-13,16-17,19-21,24H,4,8-11,14-15,18H2,1-3H3,(H,43,47)(H,48,49). The van der Waals surface area contributed by atoms with Crippen LogP contribution >= 0.6 is 22.9 Å². The molecule has 10 nitrogen and oxygen atoms in total. The lowest BCUT2D eigenvalue weighted by atomic mass is 9.76. The first-order valence-electron chi connectivity index (χ1n) is 17.2. The van der Waals surface area contributed by atoms with Crippen molar-refractivity contribution in [1.82, 2.24) is 14.1 Å². The second-order valence-corrected chi connectivity index (χ2v) is 17.7. The van der Waals surface area contributed by atoms with Gasteiger partial charge in [0.1, 0.15) is 5.00 Å². The number of thiophene rings is 1. The Bertz CT molecular complexity index is 2190. The molecule has 0 radical (unpaired) electrons. The number of hydrogen-bond donors (Lipinski definition) is 2. The molecule has 0 spiro atoms. The molecule has 2 heterocycles. The van der Waals surface area contributed by atoms with Crippen LogP contribution in [0.15, 0.2) is 59.8 Å². The van der Waals surface area contributed by atoms with Gasteiger partial charge in [-0.2, -0.15) is 22.6 Å². The third-order valence-electron chi connectivity index (χ3n) is 10.1. The van der Waals surface area contributed by atoms with Crippen LogP contribution in [0.2, 0.25) is 5.02 Å². The first-order chi connectivity index (χ1) is 24.9. The average Bonchev–Trinajstić information content (AvgIpc) is 3.73. The minimum Gasteiger partial charge on any atom is -0.481 e. The predicted molar refractivity (Wildman–Crippen MR) is 194 cm³/mol. The lowest BCUT2D eigenvalue weighted by Crippen LogP contribution is -2.42. The Kier molecular flexibility index (Phi) is 10.7. The fraction of sp³-hybridized carbons (Fsp3) is 0.405. The molecule has 2 aliphatic rings. The fourth-order valence-corrected chi connectivity index (χ4v) is 10.6. The van der Waals surface area contributed by atoms with Crippen LogP contribution in [-0.2, 0) is 33.8 Å². The van der Waals surface area contributed by atoms with Crippen molar-refractivity contribution in [2.24, 2.45) is 11.3 Å². The van der Waals surface area contributed by atoms with Crippen molar-refractivity contribution < 1.29 is 41.1 Å². The van der Waals surface area contributed by atoms with Gasteiger partial charge in [-0.05, 0) is 92.3 Å². The van der Waals surface area contributed by atoms with Crippen molar-refractivity contribution in [2.45, 2.75) is 82.8 Å². The number of halogens is 4. The maximum Gasteiger partial charge on any atom is 0.417 e. The first-order valence-corrected chi connectivity index (χ1v) is 19.8. The number of nitrogens with zero attached hydrogens (tertiary/aromatic N) is 3. The van der Waals surface area contributed by atoms with Gasteiger partial charge in [0.15, 0.2) is 5.78 Å². The van der Waals surface area contributed by atoms with Crippen LogP contribution in [0.25, 0.3) is 5.69 Å². The number of benzene rings is 2. The molecule has 2 aromatic heterocycles. The lowest BCUT2D eigenvalue weighted by molar-refractivity contribution is -0.143. The molecule has 2 N–H and O–H groups in total. The highest BCUT2D eigenvalue weighted by atomic mass is 35.5. The van der Waals surface area contributed by atoms with Gasteiger partial charge >= 0.3 is 12.1 Å². The molecule has 282 valence electrons. The number of fused-ring (bicyclic) bond motifs is 1. The maximum atomic E-state index is 14.2. The van der Waals surface area contributed by atoms with Crippen LogP contribution in [0.4, 0.5) is 18.2 Å². The van der Waals surface area contributed by atoms with Crippen LogP contribution in [0.5, 0.6) is 0 Å². The number of carbonyl (C=O) groups is 3. The molecular formula is C37H38ClF3N4O6S2. The molecule has 0 unspecified atom stereocenters. The largest absolute Gasteiger partial charge is 0.481 e. The van der Waals surface area contributed by atoms with Gasteiger partial charge in [-0.25, -0.2) is 13.1 Å². The zero-order chi connectivity index (χ0) is 38.5. The number of hydrogen-bond acceptors (Lipinski definition) is 7. The molecule has 0 atom stereocenters. The zero-order valence-corrected chi connectivity index (χ0v) is 31.6. The summed E-state index contributed by atoms with van der Waals surface area (Å²) in [6.07, 6.45) is 1.45. The molecule has 4 aromatic rings. The summed E-state index contributed by atoms with van der Waals surface area (Å²) in [6.45, 7) is 6.12. The molecule has 53 heavy (non-hydrogen) atoms. The van der Waals surface area contributed by atoms with Crippen molar-refractivity contribution in [2.75, 3.05) is 11.9 Å². The number of carbonyl (C=O) groups excluding carboxylic acids is 2. The van der Waals surface area contributed by atoms with Gasteiger partial charge in [-0.3, -0.25) is 14.4 Å². The van der Waals surface area contributed by atoms with E-state index in [4.69, 9.17) is 11.6 Å². The number of carboxylic acids is 1. The number of sulfonamides is 1. The second-order valence-electron chi connectivity index (χ2n) is 14.2. The topological polar surface area (TPSA) is 139 Å². The Balaban J connectivity index is 1.29. The number of amides is 1. The average molecular weight is 791 g/mol. The summed E-state index contributed by atoms with van der Waals surface area (Å²) in [5.41, 5.74) is 0.140. The van der Waals surface area contributed by atoms with E-state index in [1.165, 1.54) is 58.4 Å². The van der Waals surface area contributed by atoms with Crippen LogP contribution < -0.4 is 5.32 Å². The summed E-state index contributed by atoms with van der Waals surface area (Å²) in [7, 11) is -4.05. The Morgan fingerprint density at radius 3 is 2.47 bits per heavy atom. The Hall–Kier alpha value is -4.05. The molecule has 1 saturated carbocycles. The van der Waals surface area contributed by atoms with E-state index in [9.17, 15) is 41.1 Å². The molecule has 0 saturated heterocycles. The highest BCUT2D eigenvalue weighted by Gasteiger charge is 2.37. The normalized spacial score (nSPS) is 18.8. The van der Waals surface area contributed by atoms with Gasteiger partial charge in [0, 0.05) is 29.2 Å². The summed E-state index contributed by atoms with van der Waals surface area (Å²) in [4.78, 5) is 40.3. The first kappa shape index (κ1) is 38.7. The van der Waals surface area contributed by atoms with Crippen LogP contribution in [0.3, 0.4) is 0 Å². The number of alkyl halides is 3. The summed E-state index contributed by atoms with van der Waals surface area (Å²) in [6, 6.07) is 8.60. The van der Waals surface area contributed by atoms with Gasteiger partial charge < -0.3 is 10.4 Å². The number of aliphatic carboxylic acids is 1. The third-order valence-corrected chi connectivity index (χ3v) is 13.6. The minimum absolute atomic E-state index is 0.0489. The van der Waals surface area contributed by atoms with Crippen LogP contribution in [-0.4, -0.2) is 57.9 Å². The van der Waals surface area contributed by atoms with Crippen molar-refractivity contribution >= 4 is 55.6 Å². The number of nitrogens with one attached hydrogen (secondary N) is 1. The molecule has 1 fully saturated rings. The highest BCUT2D eigenvalue weighted by Crippen LogP contribution is 2.45. The molecule has 16 heteroatoms. The minimum atomic E-state index is -4.70.